The Morgan fingerprint density at radius 2 is 1.84 bits per heavy atom. The fourth-order valence-corrected chi connectivity index (χ4v) is 2.91. The van der Waals surface area contributed by atoms with Crippen LogP contribution in [0.25, 0.3) is 5.69 Å². The van der Waals surface area contributed by atoms with Crippen LogP contribution in [0.15, 0.2) is 18.2 Å². The van der Waals surface area contributed by atoms with E-state index in [4.69, 9.17) is 4.74 Å². The molecule has 0 N–H and O–H groups in total. The van der Waals surface area contributed by atoms with Crippen LogP contribution in [0.5, 0.6) is 5.75 Å². The number of esters is 1. The van der Waals surface area contributed by atoms with Crippen molar-refractivity contribution in [3.05, 3.63) is 41.2 Å². The molecule has 0 radical (unpaired) electrons. The molecule has 1 aromatic heterocycles. The molecule has 31 heavy (non-hydrogen) atoms. The van der Waals surface area contributed by atoms with Crippen LogP contribution in [0.3, 0.4) is 0 Å². The lowest BCUT2D eigenvalue weighted by molar-refractivity contribution is -0.211. The second kappa shape index (κ2) is 9.19. The molecule has 0 saturated carbocycles. The summed E-state index contributed by atoms with van der Waals surface area (Å²) in [6.07, 6.45) is -4.93. The van der Waals surface area contributed by atoms with Gasteiger partial charge in [0, 0.05) is 6.42 Å². The molecule has 0 amide bonds. The maximum Gasteiger partial charge on any atom is 0.394 e. The predicted molar refractivity (Wildman–Crippen MR) is 99.0 cm³/mol. The summed E-state index contributed by atoms with van der Waals surface area (Å²) in [4.78, 5) is 15.8. The first kappa shape index (κ1) is 24.5. The van der Waals surface area contributed by atoms with E-state index in [1.807, 2.05) is 0 Å². The van der Waals surface area contributed by atoms with Crippen molar-refractivity contribution in [1.29, 1.82) is 0 Å². The number of rotatable bonds is 8. The molecule has 0 saturated heterocycles. The largest absolute Gasteiger partial charge is 0.461 e. The molecule has 0 aliphatic carbocycles. The number of aryl methyl sites for hydroxylation is 1. The van der Waals surface area contributed by atoms with E-state index in [9.17, 15) is 31.1 Å². The summed E-state index contributed by atoms with van der Waals surface area (Å²) >= 11 is 0. The Bertz CT molecular complexity index is 938. The zero-order chi connectivity index (χ0) is 23.6. The van der Waals surface area contributed by atoms with Gasteiger partial charge in [0.2, 0.25) is 11.6 Å². The maximum atomic E-state index is 15.0. The van der Waals surface area contributed by atoms with Crippen molar-refractivity contribution < 1.29 is 40.6 Å². The van der Waals surface area contributed by atoms with E-state index in [0.29, 0.717) is 0 Å². The first-order valence-corrected chi connectivity index (χ1v) is 9.41. The number of hydrogen-bond acceptors (Lipinski definition) is 4. The summed E-state index contributed by atoms with van der Waals surface area (Å²) in [6.45, 7) is 1.72. The average molecular weight is 452 g/mol. The third kappa shape index (κ3) is 5.31. The highest BCUT2D eigenvalue weighted by molar-refractivity contribution is 5.87. The molecule has 0 fully saturated rings. The molecule has 0 aliphatic heterocycles. The van der Waals surface area contributed by atoms with Crippen molar-refractivity contribution in [2.24, 2.45) is 5.41 Å². The van der Waals surface area contributed by atoms with Crippen LogP contribution in [0.2, 0.25) is 0 Å². The first-order valence-electron chi connectivity index (χ1n) is 9.41. The molecule has 0 bridgehead atoms. The number of carbonyl (C=O) groups excluding carboxylic acids is 1. The number of hydrogen-bond donors (Lipinski definition) is 0. The Morgan fingerprint density at radius 1 is 1.19 bits per heavy atom. The number of alkyl halides is 5. The van der Waals surface area contributed by atoms with Gasteiger partial charge in [0.15, 0.2) is 5.75 Å². The number of nitrogens with zero attached hydrogens (tertiary/aromatic N) is 2. The van der Waals surface area contributed by atoms with E-state index >= 15 is 0 Å². The second-order valence-corrected chi connectivity index (χ2v) is 7.32. The maximum absolute atomic E-state index is 15.0. The molecule has 172 valence electrons. The van der Waals surface area contributed by atoms with Gasteiger partial charge in [0.1, 0.15) is 5.82 Å². The minimum absolute atomic E-state index is 0.0167. The Morgan fingerprint density at radius 3 is 2.35 bits per heavy atom. The van der Waals surface area contributed by atoms with Crippen LogP contribution in [-0.2, 0) is 17.6 Å². The average Bonchev–Trinajstić information content (AvgIpc) is 2.97. The van der Waals surface area contributed by atoms with E-state index in [0.717, 1.165) is 30.5 Å². The summed E-state index contributed by atoms with van der Waals surface area (Å²) in [6, 6.07) is 3.40. The summed E-state index contributed by atoms with van der Waals surface area (Å²) in [5.41, 5.74) is -2.94. The lowest BCUT2D eigenvalue weighted by atomic mass is 9.85. The molecule has 0 spiro atoms. The number of ether oxygens (including phenoxy) is 2. The van der Waals surface area contributed by atoms with Gasteiger partial charge in [-0.2, -0.15) is 26.3 Å². The van der Waals surface area contributed by atoms with Crippen molar-refractivity contribution in [3.63, 3.8) is 0 Å². The van der Waals surface area contributed by atoms with Crippen molar-refractivity contribution >= 4 is 5.97 Å². The Labute approximate surface area is 175 Å². The number of benzene rings is 1. The van der Waals surface area contributed by atoms with Crippen LogP contribution in [0.4, 0.5) is 26.3 Å². The third-order valence-electron chi connectivity index (χ3n) is 4.57. The Hall–Kier alpha value is -2.72. The number of imidazole rings is 1. The number of carbonyl (C=O) groups is 1. The fraction of sp³-hybridized carbons (Fsp3) is 0.500. The lowest BCUT2D eigenvalue weighted by Gasteiger charge is -2.28. The van der Waals surface area contributed by atoms with Gasteiger partial charge in [-0.05, 0) is 31.0 Å². The van der Waals surface area contributed by atoms with Crippen molar-refractivity contribution in [1.82, 2.24) is 9.55 Å². The molecule has 1 heterocycles. The summed E-state index contributed by atoms with van der Waals surface area (Å²) in [7, 11) is 0. The first-order chi connectivity index (χ1) is 14.3. The van der Waals surface area contributed by atoms with E-state index in [-0.39, 0.29) is 30.1 Å². The quantitative estimate of drug-likeness (QED) is 0.393. The molecule has 5 nitrogen and oxygen atoms in total. The fourth-order valence-electron chi connectivity index (χ4n) is 2.91. The van der Waals surface area contributed by atoms with Crippen LogP contribution < -0.4 is 4.74 Å². The summed E-state index contributed by atoms with van der Waals surface area (Å²) in [5.74, 6) is -2.72. The SMILES string of the molecule is CCOC(=O)c1nc(CC)n(-c2ccc(CC(C)(C)C(F)(F)F)cc2OC(F)F)c1F. The molecule has 1 aromatic carbocycles. The summed E-state index contributed by atoms with van der Waals surface area (Å²) in [5, 5.41) is 0. The van der Waals surface area contributed by atoms with Gasteiger partial charge in [-0.3, -0.25) is 4.57 Å². The van der Waals surface area contributed by atoms with Gasteiger partial charge in [-0.1, -0.05) is 26.8 Å². The van der Waals surface area contributed by atoms with E-state index in [1.165, 1.54) is 13.0 Å². The molecule has 2 aromatic rings. The topological polar surface area (TPSA) is 53.3 Å². The van der Waals surface area contributed by atoms with Crippen molar-refractivity contribution in [2.75, 3.05) is 6.61 Å². The Kier molecular flexibility index (Phi) is 7.28. The van der Waals surface area contributed by atoms with E-state index in [2.05, 4.69) is 9.72 Å². The van der Waals surface area contributed by atoms with Gasteiger partial charge >= 0.3 is 18.8 Å². The minimum atomic E-state index is -4.53. The monoisotopic (exact) mass is 452 g/mol. The van der Waals surface area contributed by atoms with Gasteiger partial charge < -0.3 is 9.47 Å². The third-order valence-corrected chi connectivity index (χ3v) is 4.57. The highest BCUT2D eigenvalue weighted by atomic mass is 19.4. The highest BCUT2D eigenvalue weighted by Crippen LogP contribution is 2.41. The lowest BCUT2D eigenvalue weighted by Crippen LogP contribution is -2.34. The zero-order valence-electron chi connectivity index (χ0n) is 17.3. The zero-order valence-corrected chi connectivity index (χ0v) is 17.3. The van der Waals surface area contributed by atoms with E-state index < -0.39 is 48.0 Å². The highest BCUT2D eigenvalue weighted by Gasteiger charge is 2.47. The van der Waals surface area contributed by atoms with Crippen LogP contribution >= 0.6 is 0 Å². The van der Waals surface area contributed by atoms with Gasteiger partial charge in [0.05, 0.1) is 17.7 Å². The normalized spacial score (nSPS) is 12.4. The molecule has 2 rings (SSSR count). The predicted octanol–water partition coefficient (Wildman–Crippen LogP) is 5.48. The van der Waals surface area contributed by atoms with Crippen LogP contribution in [-0.4, -0.2) is 34.9 Å². The van der Waals surface area contributed by atoms with Gasteiger partial charge in [-0.15, -0.1) is 0 Å². The molecule has 11 heteroatoms. The van der Waals surface area contributed by atoms with Gasteiger partial charge in [-0.25, -0.2) is 9.78 Å². The molecule has 0 unspecified atom stereocenters. The number of aromatic nitrogens is 2. The number of halogens is 6. The van der Waals surface area contributed by atoms with Crippen LogP contribution in [0.1, 0.15) is 49.6 Å². The second-order valence-electron chi connectivity index (χ2n) is 7.32. The molecule has 0 aliphatic rings. The van der Waals surface area contributed by atoms with Gasteiger partial charge in [0.25, 0.3) is 0 Å². The molecular formula is C20H22F6N2O3. The minimum Gasteiger partial charge on any atom is -0.461 e. The van der Waals surface area contributed by atoms with Crippen molar-refractivity contribution in [3.8, 4) is 11.4 Å². The molecular weight excluding hydrogens is 430 g/mol. The standard InChI is InChI=1S/C20H22F6N2O3/c1-5-14-27-15(17(29)30-6-2)16(21)28(14)12-8-7-11(9-13(12)31-18(22)23)10-19(3,4)20(24,25)26/h7-9,18H,5-6,10H2,1-4H3. The van der Waals surface area contributed by atoms with Crippen LogP contribution in [0, 0.1) is 11.4 Å². The molecule has 0 atom stereocenters. The van der Waals surface area contributed by atoms with E-state index in [1.54, 1.807) is 6.92 Å². The van der Waals surface area contributed by atoms with Crippen molar-refractivity contribution in [2.45, 2.75) is 53.3 Å². The Balaban J connectivity index is 2.60. The summed E-state index contributed by atoms with van der Waals surface area (Å²) < 4.78 is 90.6. The smallest absolute Gasteiger partial charge is 0.394 e.